The van der Waals surface area contributed by atoms with Crippen LogP contribution in [0.25, 0.3) is 0 Å². The van der Waals surface area contributed by atoms with Gasteiger partial charge in [-0.1, -0.05) is 6.92 Å². The molecule has 0 fully saturated rings. The predicted octanol–water partition coefficient (Wildman–Crippen LogP) is 0.624. The van der Waals surface area contributed by atoms with E-state index in [1.54, 1.807) is 21.1 Å². The van der Waals surface area contributed by atoms with Gasteiger partial charge in [-0.05, 0) is 6.92 Å². The van der Waals surface area contributed by atoms with Crippen LogP contribution in [0.5, 0.6) is 0 Å². The molecule has 0 aliphatic heterocycles. The molecule has 0 aliphatic rings. The normalized spacial score (nSPS) is 15.3. The number of aliphatic hydroxyl groups is 1. The molecule has 0 rings (SSSR count). The van der Waals surface area contributed by atoms with Gasteiger partial charge in [0.25, 0.3) is 0 Å². The molecule has 62 valence electrons. The first kappa shape index (κ1) is 9.88. The Balaban J connectivity index is 4.02. The second-order valence-corrected chi connectivity index (χ2v) is 2.51. The Morgan fingerprint density at radius 2 is 1.80 bits per heavy atom. The number of hydrogen-bond donors (Lipinski definition) is 1. The standard InChI is InChI=1S/C7H16O3/c1-6(5-8)7(2,9-3)10-4/h6,8H,5H2,1-4H3. The lowest BCUT2D eigenvalue weighted by Gasteiger charge is -2.31. The van der Waals surface area contributed by atoms with Gasteiger partial charge in [-0.2, -0.15) is 0 Å². The summed E-state index contributed by atoms with van der Waals surface area (Å²) >= 11 is 0. The monoisotopic (exact) mass is 148 g/mol. The number of aliphatic hydroxyl groups excluding tert-OH is 1. The number of rotatable bonds is 4. The van der Waals surface area contributed by atoms with E-state index in [1.807, 2.05) is 6.92 Å². The topological polar surface area (TPSA) is 38.7 Å². The molecule has 0 aromatic rings. The zero-order valence-corrected chi connectivity index (χ0v) is 7.05. The molecule has 0 aromatic carbocycles. The van der Waals surface area contributed by atoms with Crippen molar-refractivity contribution in [3.05, 3.63) is 0 Å². The quantitative estimate of drug-likeness (QED) is 0.594. The van der Waals surface area contributed by atoms with Crippen LogP contribution in [0.2, 0.25) is 0 Å². The molecule has 0 aliphatic carbocycles. The zero-order chi connectivity index (χ0) is 8.20. The Morgan fingerprint density at radius 3 is 1.90 bits per heavy atom. The maximum absolute atomic E-state index is 8.77. The average molecular weight is 148 g/mol. The van der Waals surface area contributed by atoms with E-state index in [0.29, 0.717) is 0 Å². The van der Waals surface area contributed by atoms with Crippen LogP contribution in [0, 0.1) is 5.92 Å². The third kappa shape index (κ3) is 1.94. The first-order valence-corrected chi connectivity index (χ1v) is 3.32. The van der Waals surface area contributed by atoms with Gasteiger partial charge in [0.1, 0.15) is 0 Å². The van der Waals surface area contributed by atoms with Crippen molar-refractivity contribution >= 4 is 0 Å². The van der Waals surface area contributed by atoms with Crippen molar-refractivity contribution in [1.82, 2.24) is 0 Å². The Morgan fingerprint density at radius 1 is 1.40 bits per heavy atom. The SMILES string of the molecule is COC(C)(OC)C(C)CO. The minimum Gasteiger partial charge on any atom is -0.396 e. The lowest BCUT2D eigenvalue weighted by atomic mass is 10.0. The fourth-order valence-electron chi connectivity index (χ4n) is 0.652. The van der Waals surface area contributed by atoms with Gasteiger partial charge in [0.15, 0.2) is 5.79 Å². The van der Waals surface area contributed by atoms with Gasteiger partial charge in [0.05, 0.1) is 6.61 Å². The van der Waals surface area contributed by atoms with E-state index in [2.05, 4.69) is 0 Å². The average Bonchev–Trinajstić information content (AvgIpc) is 2.01. The van der Waals surface area contributed by atoms with Gasteiger partial charge in [-0.3, -0.25) is 0 Å². The van der Waals surface area contributed by atoms with Crippen LogP contribution in [0.1, 0.15) is 13.8 Å². The number of hydrogen-bond acceptors (Lipinski definition) is 3. The van der Waals surface area contributed by atoms with Crippen molar-refractivity contribution in [3.63, 3.8) is 0 Å². The first-order chi connectivity index (χ1) is 4.60. The molecule has 0 bridgehead atoms. The maximum Gasteiger partial charge on any atom is 0.169 e. The zero-order valence-electron chi connectivity index (χ0n) is 7.05. The summed E-state index contributed by atoms with van der Waals surface area (Å²) in [5.41, 5.74) is 0. The van der Waals surface area contributed by atoms with Crippen LogP contribution in [-0.4, -0.2) is 31.7 Å². The molecule has 1 unspecified atom stereocenters. The lowest BCUT2D eigenvalue weighted by Crippen LogP contribution is -2.39. The number of ether oxygens (including phenoxy) is 2. The third-order valence-electron chi connectivity index (χ3n) is 1.98. The molecule has 0 heterocycles. The Bertz CT molecular complexity index is 88.9. The van der Waals surface area contributed by atoms with E-state index in [-0.39, 0.29) is 12.5 Å². The molecule has 1 N–H and O–H groups in total. The van der Waals surface area contributed by atoms with Crippen LogP contribution < -0.4 is 0 Å². The summed E-state index contributed by atoms with van der Waals surface area (Å²) in [6.45, 7) is 3.74. The molecule has 10 heavy (non-hydrogen) atoms. The van der Waals surface area contributed by atoms with E-state index in [4.69, 9.17) is 14.6 Å². The molecule has 1 atom stereocenters. The Hall–Kier alpha value is -0.120. The minimum absolute atomic E-state index is 0.0116. The summed E-state index contributed by atoms with van der Waals surface area (Å²) in [4.78, 5) is 0. The molecule has 0 saturated heterocycles. The maximum atomic E-state index is 8.77. The third-order valence-corrected chi connectivity index (χ3v) is 1.98. The smallest absolute Gasteiger partial charge is 0.169 e. The van der Waals surface area contributed by atoms with E-state index in [1.165, 1.54) is 0 Å². The Labute approximate surface area is 62.0 Å². The van der Waals surface area contributed by atoms with E-state index >= 15 is 0 Å². The second kappa shape index (κ2) is 3.91. The van der Waals surface area contributed by atoms with Crippen molar-refractivity contribution in [2.45, 2.75) is 19.6 Å². The molecule has 3 nitrogen and oxygen atoms in total. The molecule has 0 radical (unpaired) electrons. The van der Waals surface area contributed by atoms with Crippen LogP contribution in [0.3, 0.4) is 0 Å². The molecule has 0 spiro atoms. The summed E-state index contributed by atoms with van der Waals surface area (Å²) in [5.74, 6) is -0.670. The molecule has 3 heteroatoms. The van der Waals surface area contributed by atoms with Crippen molar-refractivity contribution in [1.29, 1.82) is 0 Å². The van der Waals surface area contributed by atoms with Gasteiger partial charge in [-0.25, -0.2) is 0 Å². The summed E-state index contributed by atoms with van der Waals surface area (Å²) in [7, 11) is 3.13. The van der Waals surface area contributed by atoms with Gasteiger partial charge >= 0.3 is 0 Å². The Kier molecular flexibility index (Phi) is 3.86. The molecule has 0 saturated carbocycles. The van der Waals surface area contributed by atoms with Crippen LogP contribution in [0.4, 0.5) is 0 Å². The van der Waals surface area contributed by atoms with E-state index < -0.39 is 5.79 Å². The molecular formula is C7H16O3. The van der Waals surface area contributed by atoms with Crippen molar-refractivity contribution in [2.75, 3.05) is 20.8 Å². The van der Waals surface area contributed by atoms with E-state index in [0.717, 1.165) is 0 Å². The fraction of sp³-hybridized carbons (Fsp3) is 1.00. The van der Waals surface area contributed by atoms with Crippen LogP contribution in [0.15, 0.2) is 0 Å². The van der Waals surface area contributed by atoms with Crippen molar-refractivity contribution in [3.8, 4) is 0 Å². The molecular weight excluding hydrogens is 132 g/mol. The van der Waals surface area contributed by atoms with E-state index in [9.17, 15) is 0 Å². The summed E-state index contributed by atoms with van der Waals surface area (Å²) < 4.78 is 10.1. The predicted molar refractivity (Wildman–Crippen MR) is 38.7 cm³/mol. The summed E-state index contributed by atoms with van der Waals surface area (Å²) in [6.07, 6.45) is 0. The summed E-state index contributed by atoms with van der Waals surface area (Å²) in [5, 5.41) is 8.77. The van der Waals surface area contributed by atoms with Gasteiger partial charge in [0, 0.05) is 20.1 Å². The highest BCUT2D eigenvalue weighted by Gasteiger charge is 2.29. The van der Waals surface area contributed by atoms with Crippen LogP contribution >= 0.6 is 0 Å². The van der Waals surface area contributed by atoms with Crippen LogP contribution in [-0.2, 0) is 9.47 Å². The highest BCUT2D eigenvalue weighted by Crippen LogP contribution is 2.20. The highest BCUT2D eigenvalue weighted by molar-refractivity contribution is 4.68. The minimum atomic E-state index is -0.658. The van der Waals surface area contributed by atoms with Crippen molar-refractivity contribution < 1.29 is 14.6 Å². The molecule has 0 amide bonds. The fourth-order valence-corrected chi connectivity index (χ4v) is 0.652. The summed E-state index contributed by atoms with van der Waals surface area (Å²) in [6, 6.07) is 0. The highest BCUT2D eigenvalue weighted by atomic mass is 16.7. The lowest BCUT2D eigenvalue weighted by molar-refractivity contribution is -0.229. The van der Waals surface area contributed by atoms with Gasteiger partial charge < -0.3 is 14.6 Å². The first-order valence-electron chi connectivity index (χ1n) is 3.32. The second-order valence-electron chi connectivity index (χ2n) is 2.51. The van der Waals surface area contributed by atoms with Gasteiger partial charge in [0.2, 0.25) is 0 Å². The molecule has 0 aromatic heterocycles. The number of methoxy groups -OCH3 is 2. The largest absolute Gasteiger partial charge is 0.396 e. The van der Waals surface area contributed by atoms with Crippen molar-refractivity contribution in [2.24, 2.45) is 5.92 Å². The van der Waals surface area contributed by atoms with Gasteiger partial charge in [-0.15, -0.1) is 0 Å².